The third kappa shape index (κ3) is 3.93. The number of carbonyl (C=O) groups excluding carboxylic acids is 1. The van der Waals surface area contributed by atoms with Gasteiger partial charge in [0, 0.05) is 6.42 Å². The minimum Gasteiger partial charge on any atom is -0.492 e. The van der Waals surface area contributed by atoms with E-state index in [-0.39, 0.29) is 28.9 Å². The van der Waals surface area contributed by atoms with Crippen molar-refractivity contribution in [1.82, 2.24) is 0 Å². The standard InChI is InChI=1S/C13H17NO6S/c1-2-19-11-4-3-9(7-12(11)21(14,16)17)13(15)20-10-5-6-18-8-10/h3-4,7,10H,2,5-6,8H2,1H3,(H2,14,16,17). The summed E-state index contributed by atoms with van der Waals surface area (Å²) in [5.41, 5.74) is 0.106. The highest BCUT2D eigenvalue weighted by Gasteiger charge is 2.23. The molecule has 0 bridgehead atoms. The molecule has 0 aliphatic carbocycles. The molecule has 1 fully saturated rings. The van der Waals surface area contributed by atoms with Crippen LogP contribution in [0, 0.1) is 0 Å². The fourth-order valence-corrected chi connectivity index (χ4v) is 2.66. The van der Waals surface area contributed by atoms with E-state index in [1.807, 2.05) is 0 Å². The molecule has 0 aromatic heterocycles. The summed E-state index contributed by atoms with van der Waals surface area (Å²) in [4.78, 5) is 11.8. The highest BCUT2D eigenvalue weighted by molar-refractivity contribution is 7.89. The lowest BCUT2D eigenvalue weighted by atomic mass is 10.2. The zero-order valence-corrected chi connectivity index (χ0v) is 12.4. The first-order chi connectivity index (χ1) is 9.91. The highest BCUT2D eigenvalue weighted by Crippen LogP contribution is 2.25. The maximum atomic E-state index is 12.0. The summed E-state index contributed by atoms with van der Waals surface area (Å²) in [5, 5.41) is 5.14. The number of benzene rings is 1. The van der Waals surface area contributed by atoms with E-state index in [9.17, 15) is 13.2 Å². The Balaban J connectivity index is 2.26. The highest BCUT2D eigenvalue weighted by atomic mass is 32.2. The van der Waals surface area contributed by atoms with Crippen molar-refractivity contribution >= 4 is 16.0 Å². The molecule has 1 aliphatic heterocycles. The summed E-state index contributed by atoms with van der Waals surface area (Å²) in [6, 6.07) is 4.00. The Morgan fingerprint density at radius 2 is 2.24 bits per heavy atom. The van der Waals surface area contributed by atoms with Crippen molar-refractivity contribution in [3.05, 3.63) is 23.8 Å². The molecule has 1 aliphatic rings. The third-order valence-electron chi connectivity index (χ3n) is 2.95. The number of nitrogens with two attached hydrogens (primary N) is 1. The number of ether oxygens (including phenoxy) is 3. The molecular formula is C13H17NO6S. The van der Waals surface area contributed by atoms with E-state index in [1.54, 1.807) is 6.92 Å². The first kappa shape index (κ1) is 15.7. The van der Waals surface area contributed by atoms with Gasteiger partial charge in [-0.25, -0.2) is 18.4 Å². The van der Waals surface area contributed by atoms with Gasteiger partial charge in [0.1, 0.15) is 16.7 Å². The lowest BCUT2D eigenvalue weighted by Crippen LogP contribution is -2.19. The molecule has 8 heteroatoms. The van der Waals surface area contributed by atoms with Crippen LogP contribution in [0.5, 0.6) is 5.75 Å². The van der Waals surface area contributed by atoms with Gasteiger partial charge in [-0.3, -0.25) is 0 Å². The van der Waals surface area contributed by atoms with Crippen LogP contribution in [0.3, 0.4) is 0 Å². The van der Waals surface area contributed by atoms with Crippen LogP contribution in [0.25, 0.3) is 0 Å². The largest absolute Gasteiger partial charge is 0.492 e. The van der Waals surface area contributed by atoms with Crippen molar-refractivity contribution in [2.75, 3.05) is 19.8 Å². The van der Waals surface area contributed by atoms with Gasteiger partial charge >= 0.3 is 5.97 Å². The monoisotopic (exact) mass is 315 g/mol. The van der Waals surface area contributed by atoms with Crippen molar-refractivity contribution in [2.24, 2.45) is 5.14 Å². The maximum absolute atomic E-state index is 12.0. The van der Waals surface area contributed by atoms with E-state index >= 15 is 0 Å². The maximum Gasteiger partial charge on any atom is 0.338 e. The van der Waals surface area contributed by atoms with Crippen LogP contribution in [-0.4, -0.2) is 40.3 Å². The average molecular weight is 315 g/mol. The molecule has 0 saturated carbocycles. The molecule has 1 saturated heterocycles. The smallest absolute Gasteiger partial charge is 0.338 e. The van der Waals surface area contributed by atoms with Gasteiger partial charge in [-0.1, -0.05) is 0 Å². The van der Waals surface area contributed by atoms with E-state index < -0.39 is 16.0 Å². The summed E-state index contributed by atoms with van der Waals surface area (Å²) in [7, 11) is -4.00. The molecule has 7 nitrogen and oxygen atoms in total. The van der Waals surface area contributed by atoms with Gasteiger partial charge in [0.05, 0.1) is 25.4 Å². The molecule has 1 unspecified atom stereocenters. The van der Waals surface area contributed by atoms with Crippen LogP contribution in [0.15, 0.2) is 23.1 Å². The van der Waals surface area contributed by atoms with Gasteiger partial charge in [0.2, 0.25) is 10.0 Å². The number of primary sulfonamides is 1. The molecule has 1 aromatic rings. The Bertz CT molecular complexity index is 622. The van der Waals surface area contributed by atoms with Crippen LogP contribution in [-0.2, 0) is 19.5 Å². The normalized spacial score (nSPS) is 18.5. The molecule has 2 rings (SSSR count). The fraction of sp³-hybridized carbons (Fsp3) is 0.462. The van der Waals surface area contributed by atoms with Crippen LogP contribution in [0.2, 0.25) is 0 Å². The van der Waals surface area contributed by atoms with Crippen molar-refractivity contribution in [1.29, 1.82) is 0 Å². The van der Waals surface area contributed by atoms with Gasteiger partial charge in [-0.2, -0.15) is 0 Å². The Labute approximate surface area is 123 Å². The lowest BCUT2D eigenvalue weighted by Gasteiger charge is -2.12. The Morgan fingerprint density at radius 3 is 2.81 bits per heavy atom. The van der Waals surface area contributed by atoms with E-state index in [4.69, 9.17) is 19.3 Å². The number of sulfonamides is 1. The average Bonchev–Trinajstić information content (AvgIpc) is 2.91. The van der Waals surface area contributed by atoms with E-state index in [0.717, 1.165) is 0 Å². The minimum atomic E-state index is -4.00. The first-order valence-corrected chi connectivity index (χ1v) is 8.05. The Hall–Kier alpha value is -1.64. The first-order valence-electron chi connectivity index (χ1n) is 6.50. The second kappa shape index (κ2) is 6.42. The molecule has 1 aromatic carbocycles. The van der Waals surface area contributed by atoms with Crippen molar-refractivity contribution < 1.29 is 27.4 Å². The second-order valence-corrected chi connectivity index (χ2v) is 6.06. The molecular weight excluding hydrogens is 298 g/mol. The molecule has 116 valence electrons. The predicted octanol–water partition coefficient (Wildman–Crippen LogP) is 0.678. The summed E-state index contributed by atoms with van der Waals surface area (Å²) >= 11 is 0. The van der Waals surface area contributed by atoms with Crippen LogP contribution in [0.1, 0.15) is 23.7 Å². The molecule has 0 radical (unpaired) electrons. The lowest BCUT2D eigenvalue weighted by molar-refractivity contribution is 0.0270. The van der Waals surface area contributed by atoms with Gasteiger partial charge in [0.15, 0.2) is 0 Å². The number of carbonyl (C=O) groups is 1. The van der Waals surface area contributed by atoms with Gasteiger partial charge < -0.3 is 14.2 Å². The third-order valence-corrected chi connectivity index (χ3v) is 3.88. The zero-order chi connectivity index (χ0) is 15.5. The van der Waals surface area contributed by atoms with Gasteiger partial charge in [-0.05, 0) is 25.1 Å². The molecule has 1 heterocycles. The quantitative estimate of drug-likeness (QED) is 0.801. The molecule has 1 atom stereocenters. The number of hydrogen-bond acceptors (Lipinski definition) is 6. The molecule has 2 N–H and O–H groups in total. The van der Waals surface area contributed by atoms with Crippen LogP contribution >= 0.6 is 0 Å². The molecule has 0 amide bonds. The zero-order valence-electron chi connectivity index (χ0n) is 11.6. The van der Waals surface area contributed by atoms with Crippen molar-refractivity contribution in [2.45, 2.75) is 24.3 Å². The van der Waals surface area contributed by atoms with E-state index in [0.29, 0.717) is 19.6 Å². The Kier molecular flexibility index (Phi) is 4.81. The molecule has 0 spiro atoms. The summed E-state index contributed by atoms with van der Waals surface area (Å²) in [5.74, 6) is -0.501. The molecule has 21 heavy (non-hydrogen) atoms. The number of esters is 1. The fourth-order valence-electron chi connectivity index (χ4n) is 1.96. The topological polar surface area (TPSA) is 105 Å². The summed E-state index contributed by atoms with van der Waals surface area (Å²) in [6.07, 6.45) is 0.326. The number of hydrogen-bond donors (Lipinski definition) is 1. The van der Waals surface area contributed by atoms with E-state index in [1.165, 1.54) is 18.2 Å². The Morgan fingerprint density at radius 1 is 1.48 bits per heavy atom. The SMILES string of the molecule is CCOc1ccc(C(=O)OC2CCOC2)cc1S(N)(=O)=O. The van der Waals surface area contributed by atoms with Gasteiger partial charge in [0.25, 0.3) is 0 Å². The van der Waals surface area contributed by atoms with Crippen LogP contribution < -0.4 is 9.88 Å². The minimum absolute atomic E-state index is 0.106. The second-order valence-electron chi connectivity index (χ2n) is 4.53. The summed E-state index contributed by atoms with van der Waals surface area (Å²) < 4.78 is 38.7. The predicted molar refractivity (Wildman–Crippen MR) is 73.6 cm³/mol. The number of rotatable bonds is 5. The summed E-state index contributed by atoms with van der Waals surface area (Å²) in [6.45, 7) is 2.90. The van der Waals surface area contributed by atoms with Crippen molar-refractivity contribution in [3.63, 3.8) is 0 Å². The van der Waals surface area contributed by atoms with Crippen molar-refractivity contribution in [3.8, 4) is 5.75 Å². The van der Waals surface area contributed by atoms with Gasteiger partial charge in [-0.15, -0.1) is 0 Å². The van der Waals surface area contributed by atoms with Crippen LogP contribution in [0.4, 0.5) is 0 Å². The van der Waals surface area contributed by atoms with E-state index in [2.05, 4.69) is 0 Å².